The third kappa shape index (κ3) is 6.19. The van der Waals surface area contributed by atoms with E-state index >= 15 is 0 Å². The first-order chi connectivity index (χ1) is 15.0. The van der Waals surface area contributed by atoms with E-state index in [0.717, 1.165) is 11.3 Å². The van der Waals surface area contributed by atoms with Crippen LogP contribution in [0.2, 0.25) is 5.02 Å². The number of rotatable bonds is 9. The Labute approximate surface area is 189 Å². The summed E-state index contributed by atoms with van der Waals surface area (Å²) in [5.74, 6) is 0.381. The number of hydrogen-bond donors (Lipinski definition) is 2. The average Bonchev–Trinajstić information content (AvgIpc) is 3.14. The summed E-state index contributed by atoms with van der Waals surface area (Å²) in [5.41, 5.74) is 2.28. The summed E-state index contributed by atoms with van der Waals surface area (Å²) in [6, 6.07) is 14.2. The lowest BCUT2D eigenvalue weighted by Gasteiger charge is -2.10. The molecule has 160 valence electrons. The summed E-state index contributed by atoms with van der Waals surface area (Å²) in [6.45, 7) is 6.36. The van der Waals surface area contributed by atoms with Gasteiger partial charge >= 0.3 is 0 Å². The SMILES string of the molecule is C=CCn1c(CNC(=O)c2ccc(Cl)cc2)nnc1SCC(=O)Nc1ccccc1C. The molecule has 9 heteroatoms. The highest BCUT2D eigenvalue weighted by Gasteiger charge is 2.15. The molecular formula is C22H22ClN5O2S. The van der Waals surface area contributed by atoms with Crippen molar-refractivity contribution >= 4 is 40.9 Å². The quantitative estimate of drug-likeness (QED) is 0.375. The zero-order valence-electron chi connectivity index (χ0n) is 17.0. The maximum absolute atomic E-state index is 12.3. The fourth-order valence-electron chi connectivity index (χ4n) is 2.76. The Morgan fingerprint density at radius 1 is 1.16 bits per heavy atom. The lowest BCUT2D eigenvalue weighted by Crippen LogP contribution is -2.24. The average molecular weight is 456 g/mol. The molecule has 0 aliphatic carbocycles. The van der Waals surface area contributed by atoms with E-state index in [1.807, 2.05) is 35.8 Å². The molecule has 3 rings (SSSR count). The van der Waals surface area contributed by atoms with Crippen LogP contribution in [0.4, 0.5) is 5.69 Å². The van der Waals surface area contributed by atoms with Crippen molar-refractivity contribution in [1.29, 1.82) is 0 Å². The molecule has 1 heterocycles. The van der Waals surface area contributed by atoms with Crippen molar-refractivity contribution in [1.82, 2.24) is 20.1 Å². The number of benzene rings is 2. The van der Waals surface area contributed by atoms with Crippen LogP contribution in [0.3, 0.4) is 0 Å². The van der Waals surface area contributed by atoms with Gasteiger partial charge in [0.1, 0.15) is 0 Å². The molecule has 2 N–H and O–H groups in total. The number of amides is 2. The highest BCUT2D eigenvalue weighted by atomic mass is 35.5. The summed E-state index contributed by atoms with van der Waals surface area (Å²) >= 11 is 7.13. The second kappa shape index (κ2) is 10.8. The first-order valence-corrected chi connectivity index (χ1v) is 10.9. The van der Waals surface area contributed by atoms with Crippen LogP contribution in [0, 0.1) is 6.92 Å². The summed E-state index contributed by atoms with van der Waals surface area (Å²) < 4.78 is 1.82. The molecule has 0 saturated carbocycles. The van der Waals surface area contributed by atoms with Gasteiger partial charge in [-0.1, -0.05) is 47.6 Å². The maximum atomic E-state index is 12.3. The van der Waals surface area contributed by atoms with Gasteiger partial charge in [-0.2, -0.15) is 0 Å². The number of thioether (sulfide) groups is 1. The number of carbonyl (C=O) groups excluding carboxylic acids is 2. The Kier molecular flexibility index (Phi) is 7.86. The number of halogens is 1. The van der Waals surface area contributed by atoms with Gasteiger partial charge in [0.25, 0.3) is 5.91 Å². The van der Waals surface area contributed by atoms with Crippen molar-refractivity contribution in [2.24, 2.45) is 0 Å². The molecule has 0 spiro atoms. The number of allylic oxidation sites excluding steroid dienone is 1. The van der Waals surface area contributed by atoms with Crippen LogP contribution in [0.5, 0.6) is 0 Å². The molecule has 0 atom stereocenters. The monoisotopic (exact) mass is 455 g/mol. The van der Waals surface area contributed by atoms with Crippen LogP contribution in [-0.2, 0) is 17.9 Å². The molecule has 2 aromatic carbocycles. The summed E-state index contributed by atoms with van der Waals surface area (Å²) in [6.07, 6.45) is 1.71. The van der Waals surface area contributed by atoms with Gasteiger partial charge < -0.3 is 15.2 Å². The normalized spacial score (nSPS) is 10.5. The van der Waals surface area contributed by atoms with Crippen molar-refractivity contribution < 1.29 is 9.59 Å². The van der Waals surface area contributed by atoms with Crippen molar-refractivity contribution in [2.45, 2.75) is 25.2 Å². The van der Waals surface area contributed by atoms with E-state index in [1.54, 1.807) is 30.3 Å². The van der Waals surface area contributed by atoms with E-state index < -0.39 is 0 Å². The van der Waals surface area contributed by atoms with Crippen molar-refractivity contribution in [2.75, 3.05) is 11.1 Å². The molecular weight excluding hydrogens is 434 g/mol. The lowest BCUT2D eigenvalue weighted by atomic mass is 10.2. The van der Waals surface area contributed by atoms with Gasteiger partial charge in [-0.3, -0.25) is 9.59 Å². The summed E-state index contributed by atoms with van der Waals surface area (Å²) in [7, 11) is 0. The van der Waals surface area contributed by atoms with Gasteiger partial charge in [0.2, 0.25) is 5.91 Å². The van der Waals surface area contributed by atoms with Crippen LogP contribution in [0.25, 0.3) is 0 Å². The van der Waals surface area contributed by atoms with E-state index in [4.69, 9.17) is 11.6 Å². The minimum absolute atomic E-state index is 0.134. The second-order valence-corrected chi connectivity index (χ2v) is 8.02. The summed E-state index contributed by atoms with van der Waals surface area (Å²) in [4.78, 5) is 24.7. The highest BCUT2D eigenvalue weighted by Crippen LogP contribution is 2.19. The summed E-state index contributed by atoms with van der Waals surface area (Å²) in [5, 5.41) is 15.2. The van der Waals surface area contributed by atoms with Gasteiger partial charge in [0, 0.05) is 22.8 Å². The van der Waals surface area contributed by atoms with E-state index in [-0.39, 0.29) is 24.1 Å². The third-order valence-corrected chi connectivity index (χ3v) is 5.59. The van der Waals surface area contributed by atoms with Gasteiger partial charge in [-0.25, -0.2) is 0 Å². The topological polar surface area (TPSA) is 88.9 Å². The number of nitrogens with zero attached hydrogens (tertiary/aromatic N) is 3. The molecule has 0 bridgehead atoms. The third-order valence-electron chi connectivity index (χ3n) is 4.37. The molecule has 3 aromatic rings. The van der Waals surface area contributed by atoms with Crippen LogP contribution in [0.15, 0.2) is 66.3 Å². The highest BCUT2D eigenvalue weighted by molar-refractivity contribution is 7.99. The van der Waals surface area contributed by atoms with Gasteiger partial charge in [-0.15, -0.1) is 16.8 Å². The van der Waals surface area contributed by atoms with Crippen molar-refractivity contribution in [3.63, 3.8) is 0 Å². The number of carbonyl (C=O) groups is 2. The minimum atomic E-state index is -0.239. The zero-order valence-corrected chi connectivity index (χ0v) is 18.5. The predicted octanol–water partition coefficient (Wildman–Crippen LogP) is 4.09. The Balaban J connectivity index is 1.61. The molecule has 0 radical (unpaired) electrons. The number of aromatic nitrogens is 3. The zero-order chi connectivity index (χ0) is 22.2. The Morgan fingerprint density at radius 2 is 1.90 bits per heavy atom. The van der Waals surface area contributed by atoms with Crippen molar-refractivity contribution in [3.05, 3.63) is 83.2 Å². The molecule has 2 amide bonds. The van der Waals surface area contributed by atoms with Crippen LogP contribution in [0.1, 0.15) is 21.7 Å². The molecule has 0 unspecified atom stereocenters. The molecule has 7 nitrogen and oxygen atoms in total. The Morgan fingerprint density at radius 3 is 2.61 bits per heavy atom. The first kappa shape index (κ1) is 22.6. The molecule has 1 aromatic heterocycles. The molecule has 0 saturated heterocycles. The Hall–Kier alpha value is -3.10. The smallest absolute Gasteiger partial charge is 0.251 e. The van der Waals surface area contributed by atoms with Crippen LogP contribution in [-0.4, -0.2) is 32.3 Å². The van der Waals surface area contributed by atoms with E-state index in [1.165, 1.54) is 11.8 Å². The van der Waals surface area contributed by atoms with Gasteiger partial charge in [0.15, 0.2) is 11.0 Å². The minimum Gasteiger partial charge on any atom is -0.345 e. The maximum Gasteiger partial charge on any atom is 0.251 e. The number of nitrogens with one attached hydrogen (secondary N) is 2. The second-order valence-electron chi connectivity index (χ2n) is 6.64. The number of para-hydroxylation sites is 1. The Bertz CT molecular complexity index is 1080. The molecule has 31 heavy (non-hydrogen) atoms. The van der Waals surface area contributed by atoms with E-state index in [0.29, 0.717) is 28.1 Å². The van der Waals surface area contributed by atoms with Crippen molar-refractivity contribution in [3.8, 4) is 0 Å². The molecule has 0 aliphatic heterocycles. The van der Waals surface area contributed by atoms with E-state index in [2.05, 4.69) is 27.4 Å². The number of anilines is 1. The van der Waals surface area contributed by atoms with E-state index in [9.17, 15) is 9.59 Å². The number of hydrogen-bond acceptors (Lipinski definition) is 5. The van der Waals surface area contributed by atoms with Crippen LogP contribution < -0.4 is 10.6 Å². The molecule has 0 aliphatic rings. The predicted molar refractivity (Wildman–Crippen MR) is 123 cm³/mol. The van der Waals surface area contributed by atoms with Crippen LogP contribution >= 0.6 is 23.4 Å². The number of aryl methyl sites for hydroxylation is 1. The van der Waals surface area contributed by atoms with Gasteiger partial charge in [0.05, 0.1) is 12.3 Å². The largest absolute Gasteiger partial charge is 0.345 e. The molecule has 0 fully saturated rings. The first-order valence-electron chi connectivity index (χ1n) is 9.53. The lowest BCUT2D eigenvalue weighted by molar-refractivity contribution is -0.113. The fraction of sp³-hybridized carbons (Fsp3) is 0.182. The standard InChI is InChI=1S/C22H22ClN5O2S/c1-3-12-28-19(13-24-21(30)16-8-10-17(23)11-9-16)26-27-22(28)31-14-20(29)25-18-7-5-4-6-15(18)2/h3-11H,1,12-14H2,2H3,(H,24,30)(H,25,29). The van der Waals surface area contributed by atoms with Gasteiger partial charge in [-0.05, 0) is 42.8 Å². The fourth-order valence-corrected chi connectivity index (χ4v) is 3.65.